The average Bonchev–Trinajstić information content (AvgIpc) is 2.78. The zero-order valence-electron chi connectivity index (χ0n) is 7.27. The Balaban J connectivity index is 0.000000140. The van der Waals surface area contributed by atoms with Crippen molar-refractivity contribution in [1.82, 2.24) is 5.32 Å². The summed E-state index contributed by atoms with van der Waals surface area (Å²) in [7, 11) is 0. The molecule has 1 aliphatic heterocycles. The van der Waals surface area contributed by atoms with E-state index in [1.54, 1.807) is 12.1 Å². The lowest BCUT2D eigenvalue weighted by atomic mass is 10.5. The van der Waals surface area contributed by atoms with E-state index in [1.165, 1.54) is 18.4 Å². The van der Waals surface area contributed by atoms with Crippen LogP contribution < -0.4 is 5.32 Å². The van der Waals surface area contributed by atoms with Gasteiger partial charge in [0.1, 0.15) is 12.4 Å². The van der Waals surface area contributed by atoms with Crippen molar-refractivity contribution >= 4 is 11.8 Å². The fourth-order valence-corrected chi connectivity index (χ4v) is 0.759. The van der Waals surface area contributed by atoms with Crippen molar-refractivity contribution in [2.45, 2.75) is 6.61 Å². The molecular weight excluding hydrogens is 186 g/mol. The number of amides is 2. The van der Waals surface area contributed by atoms with Gasteiger partial charge in [-0.05, 0) is 12.1 Å². The molecule has 0 aliphatic carbocycles. The van der Waals surface area contributed by atoms with Gasteiger partial charge in [-0.1, -0.05) is 0 Å². The molecule has 0 radical (unpaired) electrons. The topological polar surface area (TPSA) is 79.5 Å². The van der Waals surface area contributed by atoms with E-state index in [-0.39, 0.29) is 18.4 Å². The first-order valence-electron chi connectivity index (χ1n) is 3.88. The van der Waals surface area contributed by atoms with Crippen LogP contribution in [0.5, 0.6) is 0 Å². The van der Waals surface area contributed by atoms with Crippen LogP contribution in [0.3, 0.4) is 0 Å². The first-order chi connectivity index (χ1) is 6.72. The normalized spacial score (nSPS) is 13.5. The van der Waals surface area contributed by atoms with Gasteiger partial charge in [0, 0.05) is 12.2 Å². The van der Waals surface area contributed by atoms with Crippen LogP contribution in [0.25, 0.3) is 0 Å². The van der Waals surface area contributed by atoms with Crippen molar-refractivity contribution in [1.29, 1.82) is 0 Å². The van der Waals surface area contributed by atoms with E-state index in [2.05, 4.69) is 0 Å². The molecule has 74 valence electrons. The zero-order valence-corrected chi connectivity index (χ0v) is 7.27. The van der Waals surface area contributed by atoms with Crippen molar-refractivity contribution in [2.24, 2.45) is 0 Å². The highest BCUT2D eigenvalue weighted by Crippen LogP contribution is 1.96. The summed E-state index contributed by atoms with van der Waals surface area (Å²) >= 11 is 0. The van der Waals surface area contributed by atoms with E-state index in [0.717, 1.165) is 0 Å². The molecule has 0 unspecified atom stereocenters. The Morgan fingerprint density at radius 2 is 1.93 bits per heavy atom. The summed E-state index contributed by atoms with van der Waals surface area (Å²) in [6, 6.07) is 3.46. The lowest BCUT2D eigenvalue weighted by molar-refractivity contribution is -0.123. The Kier molecular flexibility index (Phi) is 3.63. The van der Waals surface area contributed by atoms with Crippen LogP contribution in [-0.2, 0) is 16.2 Å². The number of nitrogens with one attached hydrogen (secondary N) is 1. The maximum absolute atomic E-state index is 10.0. The maximum Gasteiger partial charge on any atom is 0.250 e. The van der Waals surface area contributed by atoms with Crippen LogP contribution in [0, 0.1) is 0 Å². The lowest BCUT2D eigenvalue weighted by Gasteiger charge is -1.80. The Labute approximate surface area is 80.0 Å². The minimum absolute atomic E-state index is 0.00694. The number of rotatable bonds is 1. The molecule has 0 saturated heterocycles. The van der Waals surface area contributed by atoms with Crippen molar-refractivity contribution in [3.63, 3.8) is 0 Å². The van der Waals surface area contributed by atoms with Crippen molar-refractivity contribution in [3.8, 4) is 0 Å². The van der Waals surface area contributed by atoms with Crippen molar-refractivity contribution < 1.29 is 19.1 Å². The van der Waals surface area contributed by atoms with Gasteiger partial charge < -0.3 is 9.52 Å². The second-order valence-electron chi connectivity index (χ2n) is 2.42. The summed E-state index contributed by atoms with van der Waals surface area (Å²) in [5.41, 5.74) is 0. The summed E-state index contributed by atoms with van der Waals surface area (Å²) < 4.78 is 4.73. The molecule has 2 amide bonds. The fraction of sp³-hybridized carbons (Fsp3) is 0.111. The SMILES string of the molecule is O=C1C=CC(=O)N1.OCc1ccco1. The molecule has 2 N–H and O–H groups in total. The standard InChI is InChI=1S/C5H6O2.C4H3NO2/c6-4-5-2-1-3-7-5;6-3-1-2-4(7)5-3/h1-3,6H,4H2;1-2H,(H,5,6,7). The Morgan fingerprint density at radius 3 is 2.14 bits per heavy atom. The number of carbonyl (C=O) groups is 2. The predicted molar refractivity (Wildman–Crippen MR) is 46.9 cm³/mol. The molecule has 1 aliphatic rings. The second-order valence-corrected chi connectivity index (χ2v) is 2.42. The molecule has 5 heteroatoms. The molecule has 5 nitrogen and oxygen atoms in total. The van der Waals surface area contributed by atoms with Crippen LogP contribution >= 0.6 is 0 Å². The molecule has 14 heavy (non-hydrogen) atoms. The molecular formula is C9H9NO4. The van der Waals surface area contributed by atoms with Gasteiger partial charge in [-0.2, -0.15) is 0 Å². The van der Waals surface area contributed by atoms with Gasteiger partial charge in [-0.3, -0.25) is 14.9 Å². The van der Waals surface area contributed by atoms with Crippen molar-refractivity contribution in [3.05, 3.63) is 36.3 Å². The van der Waals surface area contributed by atoms with E-state index in [4.69, 9.17) is 9.52 Å². The fourth-order valence-electron chi connectivity index (χ4n) is 0.759. The average molecular weight is 195 g/mol. The van der Waals surface area contributed by atoms with Gasteiger partial charge in [-0.25, -0.2) is 0 Å². The highest BCUT2D eigenvalue weighted by Gasteiger charge is 2.06. The number of aliphatic hydroxyl groups is 1. The summed E-state index contributed by atoms with van der Waals surface area (Å²) in [6.45, 7) is -0.00694. The van der Waals surface area contributed by atoms with E-state index in [1.807, 2.05) is 5.32 Å². The first kappa shape index (κ1) is 10.2. The minimum atomic E-state index is -0.329. The van der Waals surface area contributed by atoms with Crippen LogP contribution in [0.2, 0.25) is 0 Å². The third-order valence-electron chi connectivity index (χ3n) is 1.37. The van der Waals surface area contributed by atoms with E-state index >= 15 is 0 Å². The lowest BCUT2D eigenvalue weighted by Crippen LogP contribution is -2.19. The largest absolute Gasteiger partial charge is 0.467 e. The second kappa shape index (κ2) is 4.98. The molecule has 0 saturated carbocycles. The molecule has 0 spiro atoms. The van der Waals surface area contributed by atoms with Crippen LogP contribution in [-0.4, -0.2) is 16.9 Å². The van der Waals surface area contributed by atoms with E-state index in [9.17, 15) is 9.59 Å². The summed E-state index contributed by atoms with van der Waals surface area (Å²) in [4.78, 5) is 20.1. The molecule has 1 aromatic heterocycles. The Bertz CT molecular complexity index is 324. The smallest absolute Gasteiger partial charge is 0.250 e. The van der Waals surface area contributed by atoms with Gasteiger partial charge >= 0.3 is 0 Å². The monoisotopic (exact) mass is 195 g/mol. The number of imide groups is 1. The molecule has 2 rings (SSSR count). The Morgan fingerprint density at radius 1 is 1.29 bits per heavy atom. The first-order valence-corrected chi connectivity index (χ1v) is 3.88. The van der Waals surface area contributed by atoms with Crippen LogP contribution in [0.4, 0.5) is 0 Å². The minimum Gasteiger partial charge on any atom is -0.467 e. The summed E-state index contributed by atoms with van der Waals surface area (Å²) in [5.74, 6) is -0.0463. The maximum atomic E-state index is 10.0. The number of furan rings is 1. The number of carbonyl (C=O) groups excluding carboxylic acids is 2. The van der Waals surface area contributed by atoms with Gasteiger partial charge in [0.15, 0.2) is 0 Å². The van der Waals surface area contributed by atoms with Gasteiger partial charge in [0.25, 0.3) is 11.8 Å². The highest BCUT2D eigenvalue weighted by atomic mass is 16.4. The molecule has 0 fully saturated rings. The van der Waals surface area contributed by atoms with Gasteiger partial charge in [0.05, 0.1) is 6.26 Å². The van der Waals surface area contributed by atoms with Gasteiger partial charge in [-0.15, -0.1) is 0 Å². The zero-order chi connectivity index (χ0) is 10.4. The quantitative estimate of drug-likeness (QED) is 0.617. The highest BCUT2D eigenvalue weighted by molar-refractivity contribution is 6.12. The summed E-state index contributed by atoms with van der Waals surface area (Å²) in [6.07, 6.45) is 3.93. The van der Waals surface area contributed by atoms with E-state index in [0.29, 0.717) is 5.76 Å². The van der Waals surface area contributed by atoms with Crippen molar-refractivity contribution in [2.75, 3.05) is 0 Å². The van der Waals surface area contributed by atoms with Crippen LogP contribution in [0.1, 0.15) is 5.76 Å². The van der Waals surface area contributed by atoms with E-state index < -0.39 is 0 Å². The molecule has 1 aromatic rings. The Hall–Kier alpha value is -1.88. The third-order valence-corrected chi connectivity index (χ3v) is 1.37. The number of hydrogen-bond acceptors (Lipinski definition) is 4. The predicted octanol–water partition coefficient (Wildman–Crippen LogP) is -0.0291. The molecule has 0 aromatic carbocycles. The summed E-state index contributed by atoms with van der Waals surface area (Å²) in [5, 5.41) is 10.4. The van der Waals surface area contributed by atoms with Gasteiger partial charge in [0.2, 0.25) is 0 Å². The number of aliphatic hydroxyl groups excluding tert-OH is 1. The molecule has 2 heterocycles. The number of hydrogen-bond donors (Lipinski definition) is 2. The molecule has 0 bridgehead atoms. The van der Waals surface area contributed by atoms with Crippen LogP contribution in [0.15, 0.2) is 35.0 Å². The third kappa shape index (κ3) is 3.24. The molecule has 0 atom stereocenters.